The molecule has 0 aliphatic rings. The van der Waals surface area contributed by atoms with Gasteiger partial charge in [0.2, 0.25) is 0 Å². The molecule has 1 aromatic heterocycles. The van der Waals surface area contributed by atoms with Gasteiger partial charge in [-0.25, -0.2) is 0 Å². The normalized spacial score (nSPS) is 16.8. The van der Waals surface area contributed by atoms with Gasteiger partial charge in [0.05, 0.1) is 12.2 Å². The molecule has 0 bridgehead atoms. The van der Waals surface area contributed by atoms with Crippen LogP contribution in [0.4, 0.5) is 0 Å². The maximum atomic E-state index is 10.0. The van der Waals surface area contributed by atoms with E-state index >= 15 is 0 Å². The molecular weight excluding hydrogens is 256 g/mol. The molecule has 1 rings (SSSR count). The van der Waals surface area contributed by atoms with E-state index in [-0.39, 0.29) is 12.5 Å². The number of allylic oxidation sites excluding steroid dienone is 1. The van der Waals surface area contributed by atoms with Gasteiger partial charge in [0.1, 0.15) is 18.1 Å². The summed E-state index contributed by atoms with van der Waals surface area (Å²) < 4.78 is 5.37. The average Bonchev–Trinajstić information content (AvgIpc) is 2.84. The summed E-state index contributed by atoms with van der Waals surface area (Å²) in [5.74, 6) is 0.911. The van der Waals surface area contributed by atoms with Crippen molar-refractivity contribution in [3.05, 3.63) is 41.9 Å². The van der Waals surface area contributed by atoms with Crippen molar-refractivity contribution in [3.8, 4) is 0 Å². The molecule has 0 unspecified atom stereocenters. The van der Waals surface area contributed by atoms with Crippen LogP contribution in [0.2, 0.25) is 0 Å². The van der Waals surface area contributed by atoms with E-state index in [0.29, 0.717) is 24.4 Å². The minimum atomic E-state index is -0.611. The fourth-order valence-corrected chi connectivity index (χ4v) is 2.12. The van der Waals surface area contributed by atoms with Crippen LogP contribution in [-0.2, 0) is 6.61 Å². The number of hydrogen-bond acceptors (Lipinski definition) is 4. The lowest BCUT2D eigenvalue weighted by Gasteiger charge is -2.22. The summed E-state index contributed by atoms with van der Waals surface area (Å²) >= 11 is 0. The molecule has 1 aromatic rings. The van der Waals surface area contributed by atoms with Gasteiger partial charge >= 0.3 is 0 Å². The van der Waals surface area contributed by atoms with Crippen molar-refractivity contribution >= 4 is 6.08 Å². The molecule has 0 amide bonds. The highest BCUT2D eigenvalue weighted by molar-refractivity contribution is 5.46. The third-order valence-electron chi connectivity index (χ3n) is 3.33. The summed E-state index contributed by atoms with van der Waals surface area (Å²) in [6.07, 6.45) is 3.51. The lowest BCUT2D eigenvalue weighted by molar-refractivity contribution is 0.0422. The zero-order valence-corrected chi connectivity index (χ0v) is 12.1. The number of furan rings is 1. The van der Waals surface area contributed by atoms with Gasteiger partial charge in [-0.15, -0.1) is 6.58 Å². The van der Waals surface area contributed by atoms with E-state index in [0.717, 1.165) is 5.57 Å². The molecule has 20 heavy (non-hydrogen) atoms. The molecule has 3 atom stereocenters. The molecule has 0 spiro atoms. The Morgan fingerprint density at radius 3 is 2.60 bits per heavy atom. The lowest BCUT2D eigenvalue weighted by Crippen LogP contribution is -2.28. The van der Waals surface area contributed by atoms with Crippen molar-refractivity contribution < 1.29 is 19.7 Å². The third kappa shape index (κ3) is 4.96. The van der Waals surface area contributed by atoms with Crippen LogP contribution in [-0.4, -0.2) is 27.5 Å². The number of hydrogen-bond donors (Lipinski definition) is 3. The van der Waals surface area contributed by atoms with Crippen LogP contribution >= 0.6 is 0 Å². The predicted molar refractivity (Wildman–Crippen MR) is 78.9 cm³/mol. The molecule has 4 nitrogen and oxygen atoms in total. The number of aliphatic hydroxyl groups excluding tert-OH is 3. The Labute approximate surface area is 120 Å². The van der Waals surface area contributed by atoms with Gasteiger partial charge in [0.15, 0.2) is 0 Å². The first-order valence-corrected chi connectivity index (χ1v) is 6.83. The van der Waals surface area contributed by atoms with Gasteiger partial charge < -0.3 is 19.7 Å². The summed E-state index contributed by atoms with van der Waals surface area (Å²) in [5.41, 5.74) is 1.07. The molecule has 0 aromatic carbocycles. The second kappa shape index (κ2) is 8.04. The van der Waals surface area contributed by atoms with Crippen LogP contribution in [0.5, 0.6) is 0 Å². The maximum absolute atomic E-state index is 10.0. The number of rotatable bonds is 8. The van der Waals surface area contributed by atoms with E-state index in [1.165, 1.54) is 0 Å². The van der Waals surface area contributed by atoms with Crippen LogP contribution in [0.1, 0.15) is 38.2 Å². The van der Waals surface area contributed by atoms with Gasteiger partial charge in [-0.3, -0.25) is 0 Å². The van der Waals surface area contributed by atoms with Crippen LogP contribution in [0.3, 0.4) is 0 Å². The highest BCUT2D eigenvalue weighted by atomic mass is 16.4. The minimum Gasteiger partial charge on any atom is -0.459 e. The van der Waals surface area contributed by atoms with E-state index in [4.69, 9.17) is 9.52 Å². The Bertz CT molecular complexity index is 445. The minimum absolute atomic E-state index is 0.110. The highest BCUT2D eigenvalue weighted by Crippen LogP contribution is 2.19. The first-order valence-electron chi connectivity index (χ1n) is 6.83. The van der Waals surface area contributed by atoms with Crippen molar-refractivity contribution in [2.75, 3.05) is 0 Å². The van der Waals surface area contributed by atoms with Crippen molar-refractivity contribution in [1.29, 1.82) is 0 Å². The Balaban J connectivity index is 2.53. The summed E-state index contributed by atoms with van der Waals surface area (Å²) in [6.45, 7) is 7.13. The smallest absolute Gasteiger partial charge is 0.130 e. The molecule has 1 heterocycles. The van der Waals surface area contributed by atoms with Gasteiger partial charge in [-0.05, 0) is 44.9 Å². The molecule has 0 saturated heterocycles. The standard InChI is InChI=1S/C16H24O4/c1-4-15(12(3)18)16(19)8-5-11(2)9-13-6-7-14(10-17)20-13/h4,6-7,9,12,15-19H,1,5,8,10H2,2-3H3/b11-9+/t12-,15+,16-/m1/s1. The van der Waals surface area contributed by atoms with Gasteiger partial charge in [-0.2, -0.15) is 0 Å². The van der Waals surface area contributed by atoms with Gasteiger partial charge in [0, 0.05) is 5.92 Å². The molecule has 4 heteroatoms. The van der Waals surface area contributed by atoms with Crippen molar-refractivity contribution in [1.82, 2.24) is 0 Å². The molecule has 0 saturated carbocycles. The Morgan fingerprint density at radius 2 is 2.10 bits per heavy atom. The van der Waals surface area contributed by atoms with E-state index in [2.05, 4.69) is 6.58 Å². The van der Waals surface area contributed by atoms with Gasteiger partial charge in [-0.1, -0.05) is 11.6 Å². The molecule has 112 valence electrons. The zero-order chi connectivity index (χ0) is 15.1. The monoisotopic (exact) mass is 280 g/mol. The first kappa shape index (κ1) is 16.7. The lowest BCUT2D eigenvalue weighted by atomic mass is 9.92. The summed E-state index contributed by atoms with van der Waals surface area (Å²) in [6, 6.07) is 3.53. The first-order chi connectivity index (χ1) is 9.47. The quantitative estimate of drug-likeness (QED) is 0.640. The maximum Gasteiger partial charge on any atom is 0.130 e. The van der Waals surface area contributed by atoms with Crippen LogP contribution < -0.4 is 0 Å². The van der Waals surface area contributed by atoms with Gasteiger partial charge in [0.25, 0.3) is 0 Å². The molecule has 0 aliphatic heterocycles. The van der Waals surface area contributed by atoms with E-state index in [1.807, 2.05) is 13.0 Å². The Morgan fingerprint density at radius 1 is 1.40 bits per heavy atom. The van der Waals surface area contributed by atoms with E-state index in [1.54, 1.807) is 25.1 Å². The topological polar surface area (TPSA) is 73.8 Å². The predicted octanol–water partition coefficient (Wildman–Crippen LogP) is 2.50. The summed E-state index contributed by atoms with van der Waals surface area (Å²) in [5, 5.41) is 28.5. The molecule has 0 fully saturated rings. The largest absolute Gasteiger partial charge is 0.459 e. The van der Waals surface area contributed by atoms with Crippen LogP contribution in [0.15, 0.2) is 34.8 Å². The fraction of sp³-hybridized carbons (Fsp3) is 0.500. The van der Waals surface area contributed by atoms with Crippen molar-refractivity contribution in [2.45, 2.75) is 45.5 Å². The average molecular weight is 280 g/mol. The van der Waals surface area contributed by atoms with Crippen molar-refractivity contribution in [2.24, 2.45) is 5.92 Å². The van der Waals surface area contributed by atoms with E-state index < -0.39 is 12.2 Å². The van der Waals surface area contributed by atoms with Crippen LogP contribution in [0.25, 0.3) is 6.08 Å². The van der Waals surface area contributed by atoms with E-state index in [9.17, 15) is 10.2 Å². The molecule has 0 radical (unpaired) electrons. The Kier molecular flexibility index (Phi) is 6.71. The van der Waals surface area contributed by atoms with Crippen LogP contribution in [0, 0.1) is 5.92 Å². The molecule has 0 aliphatic carbocycles. The number of aliphatic hydroxyl groups is 3. The second-order valence-electron chi connectivity index (χ2n) is 5.11. The van der Waals surface area contributed by atoms with Crippen molar-refractivity contribution in [3.63, 3.8) is 0 Å². The molecule has 3 N–H and O–H groups in total. The molecular formula is C16H24O4. The highest BCUT2D eigenvalue weighted by Gasteiger charge is 2.20. The fourth-order valence-electron chi connectivity index (χ4n) is 2.12. The zero-order valence-electron chi connectivity index (χ0n) is 12.1. The second-order valence-corrected chi connectivity index (χ2v) is 5.11. The summed E-state index contributed by atoms with van der Waals surface area (Å²) in [4.78, 5) is 0. The Hall–Kier alpha value is -1.36. The SMILES string of the molecule is C=C[C@H]([C@H](O)CC/C(C)=C/c1ccc(CO)o1)[C@@H](C)O. The third-order valence-corrected chi connectivity index (χ3v) is 3.33. The summed E-state index contributed by atoms with van der Waals surface area (Å²) in [7, 11) is 0.